The lowest BCUT2D eigenvalue weighted by Gasteiger charge is -2.18. The normalized spacial score (nSPS) is 21.4. The fourth-order valence-corrected chi connectivity index (χ4v) is 3.02. The summed E-state index contributed by atoms with van der Waals surface area (Å²) in [6.45, 7) is 4.10. The molecule has 2 atom stereocenters. The average molecular weight is 341 g/mol. The SMILES string of the molecule is Cc1cc(C[C@@H]2COC[C@H]2NCc2ccc(Cl)c(Cl)c2)on1. The fraction of sp³-hybridized carbons (Fsp3) is 0.438. The van der Waals surface area contributed by atoms with E-state index in [2.05, 4.69) is 10.5 Å². The molecule has 4 nitrogen and oxygen atoms in total. The van der Waals surface area contributed by atoms with Crippen LogP contribution in [0.3, 0.4) is 0 Å². The highest BCUT2D eigenvalue weighted by Crippen LogP contribution is 2.24. The van der Waals surface area contributed by atoms with Gasteiger partial charge in [0.25, 0.3) is 0 Å². The second-order valence-corrected chi connectivity index (χ2v) is 6.49. The van der Waals surface area contributed by atoms with E-state index in [9.17, 15) is 0 Å². The number of aryl methyl sites for hydroxylation is 1. The van der Waals surface area contributed by atoms with E-state index < -0.39 is 0 Å². The molecule has 0 bridgehead atoms. The van der Waals surface area contributed by atoms with Crippen molar-refractivity contribution in [3.63, 3.8) is 0 Å². The topological polar surface area (TPSA) is 47.3 Å². The Morgan fingerprint density at radius 2 is 2.09 bits per heavy atom. The average Bonchev–Trinajstić information content (AvgIpc) is 3.10. The first-order valence-corrected chi connectivity index (χ1v) is 8.04. The van der Waals surface area contributed by atoms with Gasteiger partial charge in [-0.25, -0.2) is 0 Å². The van der Waals surface area contributed by atoms with E-state index in [1.54, 1.807) is 0 Å². The van der Waals surface area contributed by atoms with Crippen LogP contribution in [0, 0.1) is 12.8 Å². The summed E-state index contributed by atoms with van der Waals surface area (Å²) in [5, 5.41) is 8.62. The third-order valence-corrected chi connectivity index (χ3v) is 4.63. The monoisotopic (exact) mass is 340 g/mol. The van der Waals surface area contributed by atoms with E-state index in [1.807, 2.05) is 31.2 Å². The Morgan fingerprint density at radius 3 is 2.82 bits per heavy atom. The third-order valence-electron chi connectivity index (χ3n) is 3.89. The molecule has 0 spiro atoms. The van der Waals surface area contributed by atoms with E-state index in [0.717, 1.165) is 36.6 Å². The molecule has 2 aromatic rings. The highest BCUT2D eigenvalue weighted by molar-refractivity contribution is 6.42. The summed E-state index contributed by atoms with van der Waals surface area (Å²) in [6, 6.07) is 7.96. The predicted octanol–water partition coefficient (Wildman–Crippen LogP) is 3.64. The van der Waals surface area contributed by atoms with Gasteiger partial charge in [-0.2, -0.15) is 0 Å². The largest absolute Gasteiger partial charge is 0.379 e. The number of halogens is 2. The van der Waals surface area contributed by atoms with Crippen LogP contribution in [0.15, 0.2) is 28.8 Å². The summed E-state index contributed by atoms with van der Waals surface area (Å²) in [7, 11) is 0. The first-order valence-electron chi connectivity index (χ1n) is 7.29. The van der Waals surface area contributed by atoms with Crippen molar-refractivity contribution >= 4 is 23.2 Å². The van der Waals surface area contributed by atoms with Crippen molar-refractivity contribution in [2.45, 2.75) is 25.9 Å². The van der Waals surface area contributed by atoms with Crippen LogP contribution < -0.4 is 5.32 Å². The first-order chi connectivity index (χ1) is 10.6. The Kier molecular flexibility index (Phi) is 5.03. The van der Waals surface area contributed by atoms with E-state index >= 15 is 0 Å². The van der Waals surface area contributed by atoms with Crippen LogP contribution >= 0.6 is 23.2 Å². The second-order valence-electron chi connectivity index (χ2n) is 5.67. The van der Waals surface area contributed by atoms with Crippen molar-refractivity contribution in [1.29, 1.82) is 0 Å². The van der Waals surface area contributed by atoms with Crippen molar-refractivity contribution < 1.29 is 9.26 Å². The third kappa shape index (κ3) is 3.82. The molecule has 22 heavy (non-hydrogen) atoms. The number of aromatic nitrogens is 1. The van der Waals surface area contributed by atoms with Gasteiger partial charge in [0.15, 0.2) is 0 Å². The van der Waals surface area contributed by atoms with Crippen molar-refractivity contribution in [3.8, 4) is 0 Å². The van der Waals surface area contributed by atoms with E-state index in [1.165, 1.54) is 0 Å². The number of hydrogen-bond acceptors (Lipinski definition) is 4. The minimum atomic E-state index is 0.292. The number of nitrogens with zero attached hydrogens (tertiary/aromatic N) is 1. The minimum Gasteiger partial charge on any atom is -0.379 e. The predicted molar refractivity (Wildman–Crippen MR) is 86.3 cm³/mol. The summed E-state index contributed by atoms with van der Waals surface area (Å²) >= 11 is 12.0. The molecule has 0 saturated carbocycles. The zero-order valence-electron chi connectivity index (χ0n) is 12.3. The lowest BCUT2D eigenvalue weighted by molar-refractivity contribution is 0.181. The maximum atomic E-state index is 6.04. The van der Waals surface area contributed by atoms with Gasteiger partial charge < -0.3 is 14.6 Å². The number of rotatable bonds is 5. The van der Waals surface area contributed by atoms with Gasteiger partial charge in [0.1, 0.15) is 5.76 Å². The van der Waals surface area contributed by atoms with Gasteiger partial charge >= 0.3 is 0 Å². The lowest BCUT2D eigenvalue weighted by Crippen LogP contribution is -2.36. The Bertz CT molecular complexity index is 645. The molecule has 6 heteroatoms. The molecule has 1 N–H and O–H groups in total. The maximum Gasteiger partial charge on any atom is 0.137 e. The highest BCUT2D eigenvalue weighted by Gasteiger charge is 2.29. The van der Waals surface area contributed by atoms with E-state index in [0.29, 0.717) is 28.6 Å². The standard InChI is InChI=1S/C16H18Cl2N2O2/c1-10-4-13(22-20-10)6-12-8-21-9-16(12)19-7-11-2-3-14(17)15(18)5-11/h2-5,12,16,19H,6-9H2,1H3/t12-,16-/m1/s1. The van der Waals surface area contributed by atoms with Crippen LogP contribution in [0.1, 0.15) is 17.0 Å². The van der Waals surface area contributed by atoms with Crippen LogP contribution in [0.5, 0.6) is 0 Å². The summed E-state index contributed by atoms with van der Waals surface area (Å²) < 4.78 is 10.9. The second kappa shape index (κ2) is 7.01. The number of benzene rings is 1. The van der Waals surface area contributed by atoms with Gasteiger partial charge in [0.2, 0.25) is 0 Å². The van der Waals surface area contributed by atoms with Gasteiger partial charge in [0, 0.05) is 31.0 Å². The smallest absolute Gasteiger partial charge is 0.137 e. The van der Waals surface area contributed by atoms with Crippen LogP contribution in [0.25, 0.3) is 0 Å². The number of ether oxygens (including phenoxy) is 1. The van der Waals surface area contributed by atoms with Gasteiger partial charge in [-0.05, 0) is 24.6 Å². The van der Waals surface area contributed by atoms with E-state index in [4.69, 9.17) is 32.5 Å². The minimum absolute atomic E-state index is 0.292. The van der Waals surface area contributed by atoms with Crippen molar-refractivity contribution in [1.82, 2.24) is 10.5 Å². The van der Waals surface area contributed by atoms with Gasteiger partial charge in [0.05, 0.1) is 29.0 Å². The van der Waals surface area contributed by atoms with Crippen LogP contribution in [0.4, 0.5) is 0 Å². The summed E-state index contributed by atoms with van der Waals surface area (Å²) in [5.41, 5.74) is 2.02. The molecule has 1 aromatic carbocycles. The molecule has 3 rings (SSSR count). The fourth-order valence-electron chi connectivity index (χ4n) is 2.69. The molecular formula is C16H18Cl2N2O2. The van der Waals surface area contributed by atoms with Crippen molar-refractivity contribution in [3.05, 3.63) is 51.3 Å². The Balaban J connectivity index is 1.57. The molecule has 0 unspecified atom stereocenters. The maximum absolute atomic E-state index is 6.04. The molecule has 1 aliphatic heterocycles. The zero-order chi connectivity index (χ0) is 15.5. The van der Waals surface area contributed by atoms with E-state index in [-0.39, 0.29) is 0 Å². The van der Waals surface area contributed by atoms with Gasteiger partial charge in [-0.1, -0.05) is 34.4 Å². The zero-order valence-corrected chi connectivity index (χ0v) is 13.8. The van der Waals surface area contributed by atoms with Crippen LogP contribution in [-0.4, -0.2) is 24.4 Å². The molecule has 0 radical (unpaired) electrons. The molecule has 118 valence electrons. The van der Waals surface area contributed by atoms with Crippen molar-refractivity contribution in [2.24, 2.45) is 5.92 Å². The summed E-state index contributed by atoms with van der Waals surface area (Å²) in [6.07, 6.45) is 0.833. The van der Waals surface area contributed by atoms with Gasteiger partial charge in [-0.3, -0.25) is 0 Å². The summed E-state index contributed by atoms with van der Waals surface area (Å²) in [4.78, 5) is 0. The Morgan fingerprint density at radius 1 is 1.23 bits per heavy atom. The molecule has 1 aliphatic rings. The molecule has 1 aromatic heterocycles. The molecule has 2 heterocycles. The van der Waals surface area contributed by atoms with Gasteiger partial charge in [-0.15, -0.1) is 0 Å². The quantitative estimate of drug-likeness (QED) is 0.902. The Hall–Kier alpha value is -1.07. The Labute approximate surface area is 139 Å². The summed E-state index contributed by atoms with van der Waals surface area (Å²) in [5.74, 6) is 1.30. The number of nitrogens with one attached hydrogen (secondary N) is 1. The van der Waals surface area contributed by atoms with Crippen molar-refractivity contribution in [2.75, 3.05) is 13.2 Å². The number of hydrogen-bond donors (Lipinski definition) is 1. The lowest BCUT2D eigenvalue weighted by atomic mass is 9.98. The molecule has 1 fully saturated rings. The highest BCUT2D eigenvalue weighted by atomic mass is 35.5. The van der Waals surface area contributed by atoms with Crippen LogP contribution in [-0.2, 0) is 17.7 Å². The molecular weight excluding hydrogens is 323 g/mol. The van der Waals surface area contributed by atoms with Crippen LogP contribution in [0.2, 0.25) is 10.0 Å². The molecule has 0 amide bonds. The first kappa shape index (κ1) is 15.8. The molecule has 0 aliphatic carbocycles. The molecule has 1 saturated heterocycles.